The Balaban J connectivity index is 1.51. The number of aromatic nitrogens is 7. The Hall–Kier alpha value is -4.28. The molecule has 0 amide bonds. The zero-order valence-corrected chi connectivity index (χ0v) is 20.7. The lowest BCUT2D eigenvalue weighted by Crippen LogP contribution is -2.23. The monoisotopic (exact) mass is 506 g/mol. The number of imidazole rings is 2. The van der Waals surface area contributed by atoms with Gasteiger partial charge in [-0.05, 0) is 23.1 Å². The number of hydrogen-bond donors (Lipinski definition) is 1. The molecular formula is C26H25F3N8. The number of nitrogens with one attached hydrogen (secondary N) is 1. The number of nitrogens with zero attached hydrogens (tertiary/aromatic N) is 7. The van der Waals surface area contributed by atoms with Gasteiger partial charge in [0.05, 0.1) is 12.7 Å². The molecule has 0 saturated carbocycles. The Morgan fingerprint density at radius 2 is 1.73 bits per heavy atom. The van der Waals surface area contributed by atoms with Crippen molar-refractivity contribution in [2.24, 2.45) is 14.1 Å². The second-order valence-corrected chi connectivity index (χ2v) is 9.24. The number of halogens is 3. The molecule has 11 heteroatoms. The third kappa shape index (κ3) is 4.41. The number of benzene rings is 1. The van der Waals surface area contributed by atoms with Gasteiger partial charge in [-0.3, -0.25) is 15.0 Å². The first-order chi connectivity index (χ1) is 17.5. The lowest BCUT2D eigenvalue weighted by Gasteiger charge is -2.11. The summed E-state index contributed by atoms with van der Waals surface area (Å²) in [6.07, 6.45) is 1.73. The number of hydrogen-bond acceptors (Lipinski definition) is 5. The Morgan fingerprint density at radius 3 is 2.38 bits per heavy atom. The maximum absolute atomic E-state index is 13.1. The first-order valence-electron chi connectivity index (χ1n) is 11.7. The van der Waals surface area contributed by atoms with Crippen molar-refractivity contribution < 1.29 is 13.2 Å². The van der Waals surface area contributed by atoms with Crippen LogP contribution in [0.15, 0.2) is 55.1 Å². The highest BCUT2D eigenvalue weighted by molar-refractivity contribution is 5.74. The fourth-order valence-electron chi connectivity index (χ4n) is 4.36. The summed E-state index contributed by atoms with van der Waals surface area (Å²) in [4.78, 5) is 17.4. The summed E-state index contributed by atoms with van der Waals surface area (Å²) < 4.78 is 44.0. The van der Waals surface area contributed by atoms with Gasteiger partial charge in [-0.1, -0.05) is 38.1 Å². The standard InChI is InChI=1S/C26H25F3N8/c1-15(2)19-11-31-10-9-18(19)22-32-12-20-24(34-22)37(25(30)36(20)4)13-16-5-7-17(8-6-16)23-33-21(14-35(23)3)26(27,28)29/h5-12,14-15,30H,13H2,1-4H3. The first-order valence-corrected chi connectivity index (χ1v) is 11.7. The summed E-state index contributed by atoms with van der Waals surface area (Å²) in [5, 5.41) is 8.65. The van der Waals surface area contributed by atoms with E-state index in [0.29, 0.717) is 23.6 Å². The van der Waals surface area contributed by atoms with E-state index in [-0.39, 0.29) is 17.4 Å². The predicted molar refractivity (Wildman–Crippen MR) is 132 cm³/mol. The van der Waals surface area contributed by atoms with Crippen LogP contribution in [0.1, 0.15) is 36.6 Å². The highest BCUT2D eigenvalue weighted by atomic mass is 19.4. The smallest absolute Gasteiger partial charge is 0.333 e. The maximum Gasteiger partial charge on any atom is 0.434 e. The molecule has 0 bridgehead atoms. The summed E-state index contributed by atoms with van der Waals surface area (Å²) in [6, 6.07) is 9.01. The van der Waals surface area contributed by atoms with Crippen LogP contribution in [-0.4, -0.2) is 33.6 Å². The summed E-state index contributed by atoms with van der Waals surface area (Å²) in [7, 11) is 3.33. The quantitative estimate of drug-likeness (QED) is 0.367. The third-order valence-corrected chi connectivity index (χ3v) is 6.37. The van der Waals surface area contributed by atoms with Gasteiger partial charge < -0.3 is 9.13 Å². The van der Waals surface area contributed by atoms with E-state index in [2.05, 4.69) is 28.8 Å². The van der Waals surface area contributed by atoms with Crippen molar-refractivity contribution in [1.29, 1.82) is 5.41 Å². The van der Waals surface area contributed by atoms with Crippen LogP contribution in [0.2, 0.25) is 0 Å². The van der Waals surface area contributed by atoms with Gasteiger partial charge in [-0.15, -0.1) is 0 Å². The molecule has 0 fully saturated rings. The highest BCUT2D eigenvalue weighted by Gasteiger charge is 2.34. The van der Waals surface area contributed by atoms with E-state index in [1.807, 2.05) is 24.4 Å². The van der Waals surface area contributed by atoms with E-state index in [1.54, 1.807) is 40.7 Å². The fraction of sp³-hybridized carbons (Fsp3) is 0.269. The third-order valence-electron chi connectivity index (χ3n) is 6.37. The highest BCUT2D eigenvalue weighted by Crippen LogP contribution is 2.31. The van der Waals surface area contributed by atoms with E-state index in [0.717, 1.165) is 28.4 Å². The van der Waals surface area contributed by atoms with Gasteiger partial charge in [-0.25, -0.2) is 15.0 Å². The molecule has 8 nitrogen and oxygen atoms in total. The largest absolute Gasteiger partial charge is 0.434 e. The molecule has 5 rings (SSSR count). The van der Waals surface area contributed by atoms with Gasteiger partial charge in [0.25, 0.3) is 0 Å². The Kier molecular flexibility index (Phi) is 5.93. The number of pyridine rings is 1. The fourth-order valence-corrected chi connectivity index (χ4v) is 4.36. The van der Waals surface area contributed by atoms with Crippen molar-refractivity contribution >= 4 is 11.2 Å². The molecule has 1 N–H and O–H groups in total. The number of rotatable bonds is 5. The summed E-state index contributed by atoms with van der Waals surface area (Å²) >= 11 is 0. The van der Waals surface area contributed by atoms with Crippen LogP contribution in [-0.2, 0) is 26.8 Å². The molecule has 0 aliphatic carbocycles. The molecule has 0 atom stereocenters. The van der Waals surface area contributed by atoms with Crippen LogP contribution in [0.3, 0.4) is 0 Å². The summed E-state index contributed by atoms with van der Waals surface area (Å²) in [6.45, 7) is 4.53. The van der Waals surface area contributed by atoms with Crippen molar-refractivity contribution in [1.82, 2.24) is 33.6 Å². The molecule has 1 aromatic carbocycles. The molecule has 0 spiro atoms. The molecule has 0 saturated heterocycles. The molecule has 0 radical (unpaired) electrons. The van der Waals surface area contributed by atoms with Crippen LogP contribution in [0.4, 0.5) is 13.2 Å². The lowest BCUT2D eigenvalue weighted by atomic mass is 9.99. The van der Waals surface area contributed by atoms with E-state index in [4.69, 9.17) is 10.4 Å². The Morgan fingerprint density at radius 1 is 1.00 bits per heavy atom. The van der Waals surface area contributed by atoms with Crippen LogP contribution in [0.25, 0.3) is 33.9 Å². The van der Waals surface area contributed by atoms with Gasteiger partial charge in [0.2, 0.25) is 5.62 Å². The minimum absolute atomic E-state index is 0.230. The molecule has 4 aromatic heterocycles. The minimum Gasteiger partial charge on any atom is -0.333 e. The SMILES string of the molecule is CC(C)c1cnccc1-c1ncc2c(n1)n(Cc1ccc(-c3nc(C(F)(F)F)cn3C)cc1)c(=N)n2C. The molecule has 4 heterocycles. The van der Waals surface area contributed by atoms with E-state index in [1.165, 1.54) is 11.6 Å². The first kappa shape index (κ1) is 24.4. The maximum atomic E-state index is 13.1. The Labute approximate surface area is 210 Å². The molecule has 5 aromatic rings. The average Bonchev–Trinajstić information content (AvgIpc) is 3.38. The molecule has 37 heavy (non-hydrogen) atoms. The predicted octanol–water partition coefficient (Wildman–Crippen LogP) is 4.90. The Bertz CT molecular complexity index is 1660. The minimum atomic E-state index is -4.50. The van der Waals surface area contributed by atoms with Crippen LogP contribution in [0.5, 0.6) is 0 Å². The average molecular weight is 507 g/mol. The van der Waals surface area contributed by atoms with Crippen molar-refractivity contribution in [2.45, 2.75) is 32.5 Å². The van der Waals surface area contributed by atoms with Gasteiger partial charge >= 0.3 is 6.18 Å². The molecule has 190 valence electrons. The number of fused-ring (bicyclic) bond motifs is 1. The zero-order chi connectivity index (χ0) is 26.5. The van der Waals surface area contributed by atoms with Gasteiger partial charge in [0.1, 0.15) is 11.3 Å². The van der Waals surface area contributed by atoms with Crippen molar-refractivity contribution in [3.63, 3.8) is 0 Å². The van der Waals surface area contributed by atoms with Crippen LogP contribution in [0, 0.1) is 5.41 Å². The molecule has 0 aliphatic rings. The van der Waals surface area contributed by atoms with Crippen LogP contribution < -0.4 is 5.62 Å². The van der Waals surface area contributed by atoms with E-state index >= 15 is 0 Å². The van der Waals surface area contributed by atoms with Crippen molar-refractivity contribution in [2.75, 3.05) is 0 Å². The van der Waals surface area contributed by atoms with Gasteiger partial charge in [0.15, 0.2) is 17.2 Å². The van der Waals surface area contributed by atoms with E-state index < -0.39 is 11.9 Å². The summed E-state index contributed by atoms with van der Waals surface area (Å²) in [5.41, 5.74) is 4.03. The molecular weight excluding hydrogens is 481 g/mol. The topological polar surface area (TPSA) is 90.2 Å². The zero-order valence-electron chi connectivity index (χ0n) is 20.7. The molecule has 0 aliphatic heterocycles. The van der Waals surface area contributed by atoms with Gasteiger partial charge in [-0.2, -0.15) is 13.2 Å². The second kappa shape index (κ2) is 8.99. The van der Waals surface area contributed by atoms with E-state index in [9.17, 15) is 13.2 Å². The number of aryl methyl sites for hydroxylation is 2. The number of alkyl halides is 3. The lowest BCUT2D eigenvalue weighted by molar-refractivity contribution is -0.140. The normalized spacial score (nSPS) is 12.1. The molecule has 0 unspecified atom stereocenters. The van der Waals surface area contributed by atoms with Gasteiger partial charge in [0, 0.05) is 43.8 Å². The van der Waals surface area contributed by atoms with Crippen LogP contribution >= 0.6 is 0 Å². The summed E-state index contributed by atoms with van der Waals surface area (Å²) in [5.74, 6) is 1.03. The second-order valence-electron chi connectivity index (χ2n) is 9.24. The van der Waals surface area contributed by atoms with Crippen molar-refractivity contribution in [3.05, 3.63) is 77.6 Å². The van der Waals surface area contributed by atoms with Crippen molar-refractivity contribution in [3.8, 4) is 22.8 Å².